The predicted molar refractivity (Wildman–Crippen MR) is 150 cm³/mol. The van der Waals surface area contributed by atoms with Crippen LogP contribution >= 0.6 is 0 Å². The van der Waals surface area contributed by atoms with Crippen LogP contribution < -0.4 is 19.9 Å². The van der Waals surface area contributed by atoms with Crippen LogP contribution in [0.4, 0.5) is 11.5 Å². The van der Waals surface area contributed by atoms with E-state index in [-0.39, 0.29) is 0 Å². The van der Waals surface area contributed by atoms with Crippen molar-refractivity contribution < 1.29 is 9.84 Å². The van der Waals surface area contributed by atoms with Crippen molar-refractivity contribution in [3.8, 4) is 11.8 Å². The highest BCUT2D eigenvalue weighted by Gasteiger charge is 2.35. The maximum Gasteiger partial charge on any atom is 0.318 e. The molecule has 8 heteroatoms. The molecule has 4 aliphatic rings. The van der Waals surface area contributed by atoms with Gasteiger partial charge in [0, 0.05) is 60.5 Å². The first-order chi connectivity index (χ1) is 18.5. The second-order valence-electron chi connectivity index (χ2n) is 11.6. The lowest BCUT2D eigenvalue weighted by molar-refractivity contribution is 0.187. The minimum absolute atomic E-state index is 0.342. The molecule has 3 saturated heterocycles. The van der Waals surface area contributed by atoms with Gasteiger partial charge < -0.3 is 29.9 Å². The van der Waals surface area contributed by atoms with Gasteiger partial charge in [0.05, 0.1) is 12.2 Å². The average molecular weight is 515 g/mol. The van der Waals surface area contributed by atoms with Crippen molar-refractivity contribution in [1.29, 1.82) is 0 Å². The van der Waals surface area contributed by atoms with Gasteiger partial charge in [0.15, 0.2) is 0 Å². The fraction of sp³-hybridized carbons (Fsp3) is 0.533. The number of aromatic nitrogens is 2. The highest BCUT2D eigenvalue weighted by Crippen LogP contribution is 2.39. The van der Waals surface area contributed by atoms with Crippen LogP contribution in [0, 0.1) is 6.92 Å². The van der Waals surface area contributed by atoms with Gasteiger partial charge in [-0.25, -0.2) is 0 Å². The van der Waals surface area contributed by atoms with Crippen molar-refractivity contribution >= 4 is 22.3 Å². The molecule has 0 radical (unpaired) electrons. The molecule has 38 heavy (non-hydrogen) atoms. The normalized spacial score (nSPS) is 25.3. The molecule has 8 nitrogen and oxygen atoms in total. The number of phenols is 1. The van der Waals surface area contributed by atoms with Crippen LogP contribution in [0.25, 0.3) is 10.8 Å². The molecule has 1 aromatic heterocycles. The number of fused-ring (bicyclic) bond motifs is 4. The third-order valence-corrected chi connectivity index (χ3v) is 9.22. The second kappa shape index (κ2) is 9.58. The predicted octanol–water partition coefficient (Wildman–Crippen LogP) is 3.62. The number of benzene rings is 2. The van der Waals surface area contributed by atoms with Gasteiger partial charge in [0.25, 0.3) is 0 Å². The molecule has 3 atom stereocenters. The number of anilines is 2. The Morgan fingerprint density at radius 2 is 1.82 bits per heavy atom. The van der Waals surface area contributed by atoms with Crippen molar-refractivity contribution in [2.75, 3.05) is 49.6 Å². The maximum absolute atomic E-state index is 10.7. The lowest BCUT2D eigenvalue weighted by Crippen LogP contribution is -2.52. The summed E-state index contributed by atoms with van der Waals surface area (Å²) in [6, 6.07) is 12.3. The number of hydrogen-bond acceptors (Lipinski definition) is 8. The summed E-state index contributed by atoms with van der Waals surface area (Å²) in [6.07, 6.45) is 5.73. The minimum atomic E-state index is 0.342. The standard InChI is InChI=1S/C30H38N6O2/c1-19-23-7-3-4-8-24(23)27(14-28(19)37)35-13-11-25-26(17-35)32-30(38-18-22-6-5-12-34(22)2)33-29(25)36-15-20-9-10-21(16-36)31-20/h3-4,7-8,14,20-22,31,37H,5-6,9-13,15-18H2,1-2H3/t20-,21+,22-/m0/s1. The number of phenolic OH excluding ortho intramolecular Hbond substituents is 1. The van der Waals surface area contributed by atoms with Crippen LogP contribution in [0.2, 0.25) is 0 Å². The van der Waals surface area contributed by atoms with Gasteiger partial charge in [-0.15, -0.1) is 0 Å². The molecule has 2 N–H and O–H groups in total. The molecule has 4 aliphatic heterocycles. The number of likely N-dealkylation sites (N-methyl/N-ethyl adjacent to an activating group) is 1. The fourth-order valence-corrected chi connectivity index (χ4v) is 7.00. The van der Waals surface area contributed by atoms with Gasteiger partial charge in [-0.3, -0.25) is 0 Å². The third kappa shape index (κ3) is 4.24. The van der Waals surface area contributed by atoms with Crippen LogP contribution in [0.3, 0.4) is 0 Å². The number of nitrogens with one attached hydrogen (secondary N) is 1. The highest BCUT2D eigenvalue weighted by molar-refractivity contribution is 5.98. The number of nitrogens with zero attached hydrogens (tertiary/aromatic N) is 5. The molecule has 5 heterocycles. The van der Waals surface area contributed by atoms with E-state index >= 15 is 0 Å². The Hall–Kier alpha value is -3.10. The number of hydrogen-bond donors (Lipinski definition) is 2. The number of aromatic hydroxyl groups is 1. The zero-order chi connectivity index (χ0) is 25.8. The molecule has 2 aromatic carbocycles. The van der Waals surface area contributed by atoms with Crippen molar-refractivity contribution in [2.24, 2.45) is 0 Å². The number of likely N-dealkylation sites (tertiary alicyclic amines) is 1. The zero-order valence-electron chi connectivity index (χ0n) is 22.5. The lowest BCUT2D eigenvalue weighted by atomic mass is 9.99. The van der Waals surface area contributed by atoms with Crippen LogP contribution in [-0.4, -0.2) is 77.9 Å². The Morgan fingerprint density at radius 1 is 1.03 bits per heavy atom. The van der Waals surface area contributed by atoms with E-state index < -0.39 is 0 Å². The van der Waals surface area contributed by atoms with Gasteiger partial charge in [0.2, 0.25) is 0 Å². The molecule has 2 bridgehead atoms. The summed E-state index contributed by atoms with van der Waals surface area (Å²) in [5, 5.41) is 16.8. The van der Waals surface area contributed by atoms with E-state index in [1.807, 2.05) is 19.1 Å². The fourth-order valence-electron chi connectivity index (χ4n) is 7.00. The molecule has 3 fully saturated rings. The van der Waals surface area contributed by atoms with Crippen molar-refractivity contribution in [2.45, 2.75) is 63.7 Å². The Morgan fingerprint density at radius 3 is 2.58 bits per heavy atom. The van der Waals surface area contributed by atoms with E-state index in [1.165, 1.54) is 30.2 Å². The van der Waals surface area contributed by atoms with E-state index in [0.717, 1.165) is 67.2 Å². The lowest BCUT2D eigenvalue weighted by Gasteiger charge is -2.37. The van der Waals surface area contributed by atoms with Gasteiger partial charge >= 0.3 is 6.01 Å². The quantitative estimate of drug-likeness (QED) is 0.535. The Labute approximate surface area is 224 Å². The van der Waals surface area contributed by atoms with Crippen LogP contribution in [0.5, 0.6) is 11.8 Å². The van der Waals surface area contributed by atoms with Crippen LogP contribution in [0.15, 0.2) is 30.3 Å². The summed E-state index contributed by atoms with van der Waals surface area (Å²) < 4.78 is 6.31. The molecule has 0 spiro atoms. The molecule has 0 aliphatic carbocycles. The third-order valence-electron chi connectivity index (χ3n) is 9.22. The van der Waals surface area contributed by atoms with Gasteiger partial charge in [0.1, 0.15) is 18.2 Å². The second-order valence-corrected chi connectivity index (χ2v) is 11.6. The van der Waals surface area contributed by atoms with E-state index in [1.54, 1.807) is 0 Å². The zero-order valence-corrected chi connectivity index (χ0v) is 22.5. The minimum Gasteiger partial charge on any atom is -0.508 e. The summed E-state index contributed by atoms with van der Waals surface area (Å²) in [6.45, 7) is 7.26. The van der Waals surface area contributed by atoms with E-state index in [0.29, 0.717) is 43.0 Å². The number of rotatable bonds is 5. The molecule has 200 valence electrons. The molecule has 0 amide bonds. The summed E-state index contributed by atoms with van der Waals surface area (Å²) >= 11 is 0. The van der Waals surface area contributed by atoms with Crippen LogP contribution in [0.1, 0.15) is 42.5 Å². The largest absolute Gasteiger partial charge is 0.508 e. The Bertz CT molecular complexity index is 1350. The molecule has 3 aromatic rings. The average Bonchev–Trinajstić information content (AvgIpc) is 3.51. The summed E-state index contributed by atoms with van der Waals surface area (Å²) in [5.74, 6) is 1.41. The molecule has 0 saturated carbocycles. The molecule has 0 unspecified atom stereocenters. The van der Waals surface area contributed by atoms with Gasteiger partial charge in [-0.1, -0.05) is 24.3 Å². The van der Waals surface area contributed by atoms with Crippen molar-refractivity contribution in [3.05, 3.63) is 47.2 Å². The Balaban J connectivity index is 1.24. The molecule has 7 rings (SSSR count). The first-order valence-corrected chi connectivity index (χ1v) is 14.2. The SMILES string of the molecule is Cc1c(O)cc(N2CCc3c(nc(OC[C@@H]4CCCN4C)nc3N3C[C@H]4CC[C@@H](C3)N4)C2)c2ccccc12. The van der Waals surface area contributed by atoms with Crippen molar-refractivity contribution in [3.63, 3.8) is 0 Å². The van der Waals surface area contributed by atoms with E-state index in [9.17, 15) is 5.11 Å². The molecular formula is C30H38N6O2. The van der Waals surface area contributed by atoms with Crippen LogP contribution in [-0.2, 0) is 13.0 Å². The number of ether oxygens (including phenoxy) is 1. The van der Waals surface area contributed by atoms with Crippen molar-refractivity contribution in [1.82, 2.24) is 20.2 Å². The van der Waals surface area contributed by atoms with E-state index in [4.69, 9.17) is 14.7 Å². The topological polar surface area (TPSA) is 77.0 Å². The monoisotopic (exact) mass is 514 g/mol. The number of aryl methyl sites for hydroxylation is 1. The first-order valence-electron chi connectivity index (χ1n) is 14.2. The smallest absolute Gasteiger partial charge is 0.318 e. The number of piperazine rings is 1. The maximum atomic E-state index is 10.7. The summed E-state index contributed by atoms with van der Waals surface area (Å²) in [4.78, 5) is 17.3. The van der Waals surface area contributed by atoms with Gasteiger partial charge in [-0.05, 0) is 63.6 Å². The van der Waals surface area contributed by atoms with E-state index in [2.05, 4.69) is 45.3 Å². The highest BCUT2D eigenvalue weighted by atomic mass is 16.5. The van der Waals surface area contributed by atoms with Gasteiger partial charge in [-0.2, -0.15) is 9.97 Å². The summed E-state index contributed by atoms with van der Waals surface area (Å²) in [5.41, 5.74) is 4.29. The summed E-state index contributed by atoms with van der Waals surface area (Å²) in [7, 11) is 2.18. The first kappa shape index (κ1) is 24.0. The molecular weight excluding hydrogens is 476 g/mol. The Kier molecular flexibility index (Phi) is 6.04.